The van der Waals surface area contributed by atoms with Gasteiger partial charge in [0, 0.05) is 4.47 Å². The lowest BCUT2D eigenvalue weighted by Crippen LogP contribution is -2.49. The second kappa shape index (κ2) is 13.0. The smallest absolute Gasteiger partial charge is 0.276 e. The first-order valence-corrected chi connectivity index (χ1v) is 11.5. The molecule has 0 aliphatic carbocycles. The summed E-state index contributed by atoms with van der Waals surface area (Å²) in [6, 6.07) is 12.7. The second-order valence-corrected chi connectivity index (χ2v) is 8.74. The SMILES string of the molecule is CCc1ccc(OCC(=O)NNC(=S)NC(=O)c2cc(Br)ccc2OCCC(C)C)cc1. The molecule has 0 heterocycles. The van der Waals surface area contributed by atoms with Gasteiger partial charge in [-0.15, -0.1) is 0 Å². The lowest BCUT2D eigenvalue weighted by molar-refractivity contribution is -0.123. The van der Waals surface area contributed by atoms with E-state index in [-0.39, 0.29) is 11.7 Å². The van der Waals surface area contributed by atoms with Crippen LogP contribution in [0.5, 0.6) is 11.5 Å². The van der Waals surface area contributed by atoms with E-state index in [1.165, 1.54) is 5.56 Å². The molecule has 0 aromatic heterocycles. The third kappa shape index (κ3) is 8.84. The molecular formula is C23H28BrN3O4S. The van der Waals surface area contributed by atoms with Crippen LogP contribution >= 0.6 is 28.1 Å². The van der Waals surface area contributed by atoms with Gasteiger partial charge in [-0.05, 0) is 66.9 Å². The molecule has 2 amide bonds. The Kier molecular flexibility index (Phi) is 10.4. The number of rotatable bonds is 9. The third-order valence-corrected chi connectivity index (χ3v) is 5.08. The predicted octanol–water partition coefficient (Wildman–Crippen LogP) is 4.15. The van der Waals surface area contributed by atoms with E-state index in [1.807, 2.05) is 24.3 Å². The van der Waals surface area contributed by atoms with Crippen LogP contribution in [-0.2, 0) is 11.2 Å². The summed E-state index contributed by atoms with van der Waals surface area (Å²) in [5.41, 5.74) is 6.41. The molecule has 9 heteroatoms. The maximum Gasteiger partial charge on any atom is 0.276 e. The van der Waals surface area contributed by atoms with E-state index in [1.54, 1.807) is 18.2 Å². The highest BCUT2D eigenvalue weighted by atomic mass is 79.9. The fourth-order valence-electron chi connectivity index (χ4n) is 2.54. The highest BCUT2D eigenvalue weighted by molar-refractivity contribution is 9.10. The van der Waals surface area contributed by atoms with Crippen molar-refractivity contribution in [2.45, 2.75) is 33.6 Å². The Morgan fingerprint density at radius 2 is 1.78 bits per heavy atom. The van der Waals surface area contributed by atoms with Crippen LogP contribution in [0.4, 0.5) is 0 Å². The van der Waals surface area contributed by atoms with Crippen LogP contribution in [0.15, 0.2) is 46.9 Å². The molecule has 2 aromatic rings. The molecule has 7 nitrogen and oxygen atoms in total. The number of amides is 2. The van der Waals surface area contributed by atoms with Crippen LogP contribution in [0.3, 0.4) is 0 Å². The Hall–Kier alpha value is -2.65. The van der Waals surface area contributed by atoms with Crippen LogP contribution in [0, 0.1) is 5.92 Å². The molecular weight excluding hydrogens is 494 g/mol. The van der Waals surface area contributed by atoms with Gasteiger partial charge < -0.3 is 9.47 Å². The molecule has 0 saturated heterocycles. The first kappa shape index (κ1) is 25.6. The monoisotopic (exact) mass is 521 g/mol. The summed E-state index contributed by atoms with van der Waals surface area (Å²) in [6.07, 6.45) is 1.80. The highest BCUT2D eigenvalue weighted by Crippen LogP contribution is 2.23. The fourth-order valence-corrected chi connectivity index (χ4v) is 3.05. The Morgan fingerprint density at radius 3 is 2.44 bits per heavy atom. The van der Waals surface area contributed by atoms with Gasteiger partial charge in [-0.1, -0.05) is 48.8 Å². The topological polar surface area (TPSA) is 88.7 Å². The normalized spacial score (nSPS) is 10.4. The zero-order valence-corrected chi connectivity index (χ0v) is 20.8. The summed E-state index contributed by atoms with van der Waals surface area (Å²) in [6.45, 7) is 6.57. The van der Waals surface area contributed by atoms with Gasteiger partial charge in [0.25, 0.3) is 11.8 Å². The number of thiocarbonyl (C=S) groups is 1. The van der Waals surface area contributed by atoms with Crippen molar-refractivity contribution < 1.29 is 19.1 Å². The number of hydrazine groups is 1. The van der Waals surface area contributed by atoms with Gasteiger partial charge in [0.05, 0.1) is 12.2 Å². The summed E-state index contributed by atoms with van der Waals surface area (Å²) in [5.74, 6) is 0.641. The molecule has 0 saturated carbocycles. The van der Waals surface area contributed by atoms with Gasteiger partial charge in [-0.25, -0.2) is 0 Å². The Labute approximate surface area is 202 Å². The number of halogens is 1. The van der Waals surface area contributed by atoms with Crippen molar-refractivity contribution in [3.8, 4) is 11.5 Å². The van der Waals surface area contributed by atoms with Crippen molar-refractivity contribution >= 4 is 45.1 Å². The van der Waals surface area contributed by atoms with Crippen molar-refractivity contribution in [2.24, 2.45) is 5.92 Å². The van der Waals surface area contributed by atoms with Crippen LogP contribution in [-0.4, -0.2) is 30.1 Å². The number of nitrogens with one attached hydrogen (secondary N) is 3. The number of hydrogen-bond acceptors (Lipinski definition) is 5. The van der Waals surface area contributed by atoms with E-state index >= 15 is 0 Å². The number of carbonyl (C=O) groups is 2. The minimum Gasteiger partial charge on any atom is -0.493 e. The van der Waals surface area contributed by atoms with Crippen molar-refractivity contribution in [3.63, 3.8) is 0 Å². The molecule has 0 aliphatic rings. The van der Waals surface area contributed by atoms with Crippen molar-refractivity contribution in [1.29, 1.82) is 0 Å². The molecule has 0 radical (unpaired) electrons. The molecule has 0 atom stereocenters. The molecule has 172 valence electrons. The van der Waals surface area contributed by atoms with Gasteiger partial charge in [0.2, 0.25) is 0 Å². The minimum absolute atomic E-state index is 0.0521. The van der Waals surface area contributed by atoms with Gasteiger partial charge in [-0.3, -0.25) is 25.8 Å². The number of benzene rings is 2. The molecule has 0 aliphatic heterocycles. The Bertz CT molecular complexity index is 935. The van der Waals surface area contributed by atoms with Crippen molar-refractivity contribution in [3.05, 3.63) is 58.1 Å². The summed E-state index contributed by atoms with van der Waals surface area (Å²) < 4.78 is 11.9. The van der Waals surface area contributed by atoms with E-state index in [0.29, 0.717) is 29.6 Å². The second-order valence-electron chi connectivity index (χ2n) is 7.41. The van der Waals surface area contributed by atoms with Gasteiger partial charge in [0.15, 0.2) is 11.7 Å². The predicted molar refractivity (Wildman–Crippen MR) is 132 cm³/mol. The molecule has 2 rings (SSSR count). The Morgan fingerprint density at radius 1 is 1.06 bits per heavy atom. The lowest BCUT2D eigenvalue weighted by Gasteiger charge is -2.14. The molecule has 0 spiro atoms. The van der Waals surface area contributed by atoms with Crippen molar-refractivity contribution in [2.75, 3.05) is 13.2 Å². The third-order valence-electron chi connectivity index (χ3n) is 4.38. The Balaban J connectivity index is 1.82. The number of carbonyl (C=O) groups excluding carboxylic acids is 2. The van der Waals surface area contributed by atoms with E-state index in [2.05, 4.69) is 52.9 Å². The zero-order valence-electron chi connectivity index (χ0n) is 18.4. The molecule has 0 fully saturated rings. The highest BCUT2D eigenvalue weighted by Gasteiger charge is 2.15. The van der Waals surface area contributed by atoms with E-state index in [0.717, 1.165) is 17.3 Å². The van der Waals surface area contributed by atoms with Gasteiger partial charge in [-0.2, -0.15) is 0 Å². The fraction of sp³-hybridized carbons (Fsp3) is 0.348. The van der Waals surface area contributed by atoms with E-state index < -0.39 is 11.8 Å². The first-order chi connectivity index (χ1) is 15.3. The van der Waals surface area contributed by atoms with Crippen molar-refractivity contribution in [1.82, 2.24) is 16.2 Å². The summed E-state index contributed by atoms with van der Waals surface area (Å²) >= 11 is 8.46. The summed E-state index contributed by atoms with van der Waals surface area (Å²) in [7, 11) is 0. The van der Waals surface area contributed by atoms with Crippen LogP contribution in [0.1, 0.15) is 43.1 Å². The van der Waals surface area contributed by atoms with Crippen LogP contribution in [0.25, 0.3) is 0 Å². The first-order valence-electron chi connectivity index (χ1n) is 10.3. The standard InChI is InChI=1S/C23H28BrN3O4S/c1-4-16-5-8-18(9-6-16)31-14-21(28)26-27-23(32)25-22(29)19-13-17(24)7-10-20(19)30-12-11-15(2)3/h5-10,13,15H,4,11-12,14H2,1-3H3,(H,26,28)(H2,25,27,29,32). The summed E-state index contributed by atoms with van der Waals surface area (Å²) in [5, 5.41) is 2.48. The van der Waals surface area contributed by atoms with E-state index in [4.69, 9.17) is 21.7 Å². The van der Waals surface area contributed by atoms with Gasteiger partial charge in [0.1, 0.15) is 11.5 Å². The van der Waals surface area contributed by atoms with E-state index in [9.17, 15) is 9.59 Å². The molecule has 0 unspecified atom stereocenters. The largest absolute Gasteiger partial charge is 0.493 e. The zero-order chi connectivity index (χ0) is 23.5. The molecule has 3 N–H and O–H groups in total. The maximum atomic E-state index is 12.7. The maximum absolute atomic E-state index is 12.7. The van der Waals surface area contributed by atoms with Crippen LogP contribution in [0.2, 0.25) is 0 Å². The van der Waals surface area contributed by atoms with Gasteiger partial charge >= 0.3 is 0 Å². The number of hydrogen-bond donors (Lipinski definition) is 3. The lowest BCUT2D eigenvalue weighted by atomic mass is 10.1. The summed E-state index contributed by atoms with van der Waals surface area (Å²) in [4.78, 5) is 24.6. The van der Waals surface area contributed by atoms with Crippen LogP contribution < -0.4 is 25.6 Å². The number of aryl methyl sites for hydroxylation is 1. The molecule has 0 bridgehead atoms. The molecule has 32 heavy (non-hydrogen) atoms. The average Bonchev–Trinajstić information content (AvgIpc) is 2.77. The average molecular weight is 522 g/mol. The quantitative estimate of drug-likeness (QED) is 0.339. The molecule has 2 aromatic carbocycles. The minimum atomic E-state index is -0.454. The number of ether oxygens (including phenoxy) is 2.